The van der Waals surface area contributed by atoms with Gasteiger partial charge in [-0.1, -0.05) is 74.4 Å². The number of hydrogen-bond donors (Lipinski definition) is 1. The van der Waals surface area contributed by atoms with Crippen molar-refractivity contribution in [2.45, 2.75) is 89.3 Å². The highest BCUT2D eigenvalue weighted by Gasteiger charge is 2.33. The van der Waals surface area contributed by atoms with E-state index in [-0.39, 0.29) is 11.8 Å². The summed E-state index contributed by atoms with van der Waals surface area (Å²) in [7, 11) is 0. The molecule has 0 unspecified atom stereocenters. The van der Waals surface area contributed by atoms with Crippen molar-refractivity contribution in [3.8, 4) is 0 Å². The molecule has 0 bridgehead atoms. The van der Waals surface area contributed by atoms with Crippen LogP contribution in [0.5, 0.6) is 0 Å². The molecule has 2 aliphatic rings. The van der Waals surface area contributed by atoms with E-state index in [1.54, 1.807) is 18.2 Å². The van der Waals surface area contributed by atoms with E-state index in [0.717, 1.165) is 42.5 Å². The number of halogens is 1. The highest BCUT2D eigenvalue weighted by Crippen LogP contribution is 2.31. The first-order valence-electron chi connectivity index (χ1n) is 13.9. The molecule has 0 spiro atoms. The molecule has 7 heteroatoms. The van der Waals surface area contributed by atoms with Gasteiger partial charge >= 0.3 is 0 Å². The number of amides is 2. The Hall–Kier alpha value is -2.86. The van der Waals surface area contributed by atoms with Crippen molar-refractivity contribution in [1.82, 2.24) is 19.8 Å². The Morgan fingerprint density at radius 3 is 2.19 bits per heavy atom. The highest BCUT2D eigenvalue weighted by molar-refractivity contribution is 6.33. The predicted molar refractivity (Wildman–Crippen MR) is 148 cm³/mol. The topological polar surface area (TPSA) is 67.2 Å². The van der Waals surface area contributed by atoms with Crippen molar-refractivity contribution in [1.29, 1.82) is 0 Å². The van der Waals surface area contributed by atoms with Gasteiger partial charge in [-0.05, 0) is 49.9 Å². The molecule has 1 N–H and O–H groups in total. The van der Waals surface area contributed by atoms with E-state index in [1.807, 2.05) is 30.3 Å². The maximum Gasteiger partial charge on any atom is 0.252 e. The third-order valence-electron chi connectivity index (χ3n) is 8.00. The molecule has 2 aliphatic carbocycles. The fourth-order valence-corrected chi connectivity index (χ4v) is 6.38. The van der Waals surface area contributed by atoms with Crippen LogP contribution in [-0.4, -0.2) is 44.9 Å². The first-order chi connectivity index (χ1) is 18.1. The lowest BCUT2D eigenvalue weighted by atomic mass is 9.88. The Kier molecular flexibility index (Phi) is 8.45. The van der Waals surface area contributed by atoms with Gasteiger partial charge in [0.05, 0.1) is 21.6 Å². The van der Waals surface area contributed by atoms with Gasteiger partial charge in [0.25, 0.3) is 5.91 Å². The summed E-state index contributed by atoms with van der Waals surface area (Å²) < 4.78 is 2.07. The normalized spacial score (nSPS) is 17.1. The lowest BCUT2D eigenvalue weighted by Crippen LogP contribution is -2.50. The number of nitrogens with one attached hydrogen (secondary N) is 1. The van der Waals surface area contributed by atoms with Gasteiger partial charge in [-0.25, -0.2) is 4.98 Å². The maximum atomic E-state index is 14.0. The number of carbonyl (C=O) groups excluding carboxylic acids is 2. The average Bonchev–Trinajstić information content (AvgIpc) is 3.27. The average molecular weight is 521 g/mol. The Bertz CT molecular complexity index is 1210. The van der Waals surface area contributed by atoms with Gasteiger partial charge in [0, 0.05) is 25.0 Å². The Morgan fingerprint density at radius 1 is 0.892 bits per heavy atom. The molecule has 2 saturated carbocycles. The third kappa shape index (κ3) is 6.01. The molecule has 2 fully saturated rings. The van der Waals surface area contributed by atoms with Gasteiger partial charge in [-0.15, -0.1) is 0 Å². The van der Waals surface area contributed by atoms with Gasteiger partial charge in [0.15, 0.2) is 0 Å². The number of carbonyl (C=O) groups is 2. The van der Waals surface area contributed by atoms with E-state index >= 15 is 0 Å². The molecule has 1 heterocycles. The zero-order valence-corrected chi connectivity index (χ0v) is 22.3. The maximum absolute atomic E-state index is 14.0. The molecule has 2 aromatic carbocycles. The molecular weight excluding hydrogens is 484 g/mol. The van der Waals surface area contributed by atoms with Crippen LogP contribution in [0.1, 0.15) is 80.4 Å². The molecule has 0 atom stereocenters. The van der Waals surface area contributed by atoms with E-state index in [0.29, 0.717) is 42.2 Å². The van der Waals surface area contributed by atoms with Gasteiger partial charge in [0.1, 0.15) is 12.4 Å². The van der Waals surface area contributed by atoms with Crippen molar-refractivity contribution < 1.29 is 9.59 Å². The molecule has 196 valence electrons. The number of rotatable bonds is 8. The van der Waals surface area contributed by atoms with Gasteiger partial charge < -0.3 is 14.8 Å². The van der Waals surface area contributed by atoms with Crippen LogP contribution >= 0.6 is 11.6 Å². The second kappa shape index (κ2) is 12.1. The molecule has 0 radical (unpaired) electrons. The SMILES string of the molecule is O=C(NCCc1nc2ccccc2n1CC(=O)N(C1CCCCC1)C1CCCCC1)c1ccccc1Cl. The van der Waals surface area contributed by atoms with Crippen molar-refractivity contribution in [3.63, 3.8) is 0 Å². The summed E-state index contributed by atoms with van der Waals surface area (Å²) in [5.74, 6) is 0.828. The Balaban J connectivity index is 1.34. The Labute approximate surface area is 224 Å². The van der Waals surface area contributed by atoms with Crippen molar-refractivity contribution in [2.24, 2.45) is 0 Å². The van der Waals surface area contributed by atoms with Crippen LogP contribution < -0.4 is 5.32 Å². The van der Waals surface area contributed by atoms with Crippen LogP contribution in [0.15, 0.2) is 48.5 Å². The van der Waals surface area contributed by atoms with Gasteiger partial charge in [-0.2, -0.15) is 0 Å². The fraction of sp³-hybridized carbons (Fsp3) is 0.500. The third-order valence-corrected chi connectivity index (χ3v) is 8.33. The molecule has 37 heavy (non-hydrogen) atoms. The van der Waals surface area contributed by atoms with E-state index in [4.69, 9.17) is 16.6 Å². The minimum atomic E-state index is -0.204. The quantitative estimate of drug-likeness (QED) is 0.387. The smallest absolute Gasteiger partial charge is 0.252 e. The lowest BCUT2D eigenvalue weighted by Gasteiger charge is -2.42. The summed E-state index contributed by atoms with van der Waals surface area (Å²) in [5.41, 5.74) is 2.31. The number of para-hydroxylation sites is 2. The molecule has 2 amide bonds. The van der Waals surface area contributed by atoms with Crippen molar-refractivity contribution in [3.05, 3.63) is 64.9 Å². The minimum Gasteiger partial charge on any atom is -0.352 e. The first kappa shape index (κ1) is 25.8. The van der Waals surface area contributed by atoms with E-state index in [9.17, 15) is 9.59 Å². The summed E-state index contributed by atoms with van der Waals surface area (Å²) in [6.07, 6.45) is 12.4. The lowest BCUT2D eigenvalue weighted by molar-refractivity contribution is -0.138. The van der Waals surface area contributed by atoms with Crippen LogP contribution in [0.4, 0.5) is 0 Å². The Morgan fingerprint density at radius 2 is 1.51 bits per heavy atom. The molecule has 3 aromatic rings. The van der Waals surface area contributed by atoms with Crippen LogP contribution in [0.3, 0.4) is 0 Å². The van der Waals surface area contributed by atoms with Crippen LogP contribution in [0.2, 0.25) is 5.02 Å². The second-order valence-electron chi connectivity index (χ2n) is 10.5. The molecule has 5 rings (SSSR count). The first-order valence-corrected chi connectivity index (χ1v) is 14.3. The van der Waals surface area contributed by atoms with Crippen molar-refractivity contribution >= 4 is 34.4 Å². The van der Waals surface area contributed by atoms with Crippen LogP contribution in [-0.2, 0) is 17.8 Å². The fourth-order valence-electron chi connectivity index (χ4n) is 6.16. The van der Waals surface area contributed by atoms with E-state index < -0.39 is 0 Å². The zero-order chi connectivity index (χ0) is 25.6. The summed E-state index contributed by atoms with van der Waals surface area (Å²) >= 11 is 6.19. The number of imidazole rings is 1. The van der Waals surface area contributed by atoms with Gasteiger partial charge in [0.2, 0.25) is 5.91 Å². The standard InChI is InChI=1S/C30H37ClN4O2/c31-25-16-8-7-15-24(25)30(37)32-20-19-28-33-26-17-9-10-18-27(26)34(28)21-29(36)35(22-11-3-1-4-12-22)23-13-5-2-6-14-23/h7-10,15-18,22-23H,1-6,11-14,19-21H2,(H,32,37). The molecule has 6 nitrogen and oxygen atoms in total. The molecule has 0 saturated heterocycles. The summed E-state index contributed by atoms with van der Waals surface area (Å²) in [5, 5.41) is 3.40. The highest BCUT2D eigenvalue weighted by atomic mass is 35.5. The predicted octanol–water partition coefficient (Wildman–Crippen LogP) is 6.16. The number of fused-ring (bicyclic) bond motifs is 1. The van der Waals surface area contributed by atoms with Crippen LogP contribution in [0, 0.1) is 0 Å². The van der Waals surface area contributed by atoms with E-state index in [1.165, 1.54) is 38.5 Å². The van der Waals surface area contributed by atoms with E-state index in [2.05, 4.69) is 14.8 Å². The summed E-state index contributed by atoms with van der Waals surface area (Å²) in [4.78, 5) is 33.8. The monoisotopic (exact) mass is 520 g/mol. The van der Waals surface area contributed by atoms with Crippen molar-refractivity contribution in [2.75, 3.05) is 6.54 Å². The molecule has 1 aromatic heterocycles. The molecular formula is C30H37ClN4O2. The molecule has 0 aliphatic heterocycles. The number of aromatic nitrogens is 2. The number of benzene rings is 2. The largest absolute Gasteiger partial charge is 0.352 e. The summed E-state index contributed by atoms with van der Waals surface area (Å²) in [6, 6.07) is 15.8. The zero-order valence-electron chi connectivity index (χ0n) is 21.5. The van der Waals surface area contributed by atoms with Gasteiger partial charge in [-0.3, -0.25) is 9.59 Å². The number of hydrogen-bond acceptors (Lipinski definition) is 3. The minimum absolute atomic E-state index is 0.204. The second-order valence-corrected chi connectivity index (χ2v) is 10.9. The number of nitrogens with zero attached hydrogens (tertiary/aromatic N) is 3. The summed E-state index contributed by atoms with van der Waals surface area (Å²) in [6.45, 7) is 0.706. The van der Waals surface area contributed by atoms with Crippen LogP contribution in [0.25, 0.3) is 11.0 Å².